The first-order valence-electron chi connectivity index (χ1n) is 5.27. The van der Waals surface area contributed by atoms with Crippen molar-refractivity contribution in [1.29, 1.82) is 5.26 Å². The first-order valence-corrected chi connectivity index (χ1v) is 6.08. The third-order valence-corrected chi connectivity index (χ3v) is 3.42. The number of nitro groups is 1. The summed E-state index contributed by atoms with van der Waals surface area (Å²) in [6, 6.07) is 8.96. The summed E-state index contributed by atoms with van der Waals surface area (Å²) < 4.78 is 13.1. The number of nitriles is 1. The predicted octanol–water partition coefficient (Wildman–Crippen LogP) is 3.28. The molecule has 0 aliphatic carbocycles. The molecule has 0 unspecified atom stereocenters. The first kappa shape index (κ1) is 13.0. The lowest BCUT2D eigenvalue weighted by Gasteiger charge is -2.05. The molecule has 96 valence electrons. The third kappa shape index (κ3) is 3.05. The molecule has 1 aromatic heterocycles. The number of halogens is 1. The van der Waals surface area contributed by atoms with Crippen molar-refractivity contribution in [3.05, 3.63) is 56.7 Å². The molecule has 0 atom stereocenters. The molecule has 2 rings (SSSR count). The minimum absolute atomic E-state index is 0.0397. The number of hydrogen-bond acceptors (Lipinski definition) is 5. The van der Waals surface area contributed by atoms with Crippen molar-refractivity contribution in [1.82, 2.24) is 0 Å². The third-order valence-electron chi connectivity index (χ3n) is 2.38. The molecular formula is C12H8FN3O2S. The Bertz CT molecular complexity index is 663. The smallest absolute Gasteiger partial charge is 0.324 e. The van der Waals surface area contributed by atoms with E-state index >= 15 is 0 Å². The van der Waals surface area contributed by atoms with Crippen LogP contribution < -0.4 is 5.32 Å². The van der Waals surface area contributed by atoms with Crippen molar-refractivity contribution < 1.29 is 9.31 Å². The van der Waals surface area contributed by atoms with Gasteiger partial charge in [-0.15, -0.1) is 0 Å². The van der Waals surface area contributed by atoms with Crippen LogP contribution in [0.2, 0.25) is 0 Å². The Balaban J connectivity index is 2.06. The van der Waals surface area contributed by atoms with Gasteiger partial charge >= 0.3 is 5.00 Å². The van der Waals surface area contributed by atoms with E-state index in [0.29, 0.717) is 12.2 Å². The molecule has 0 saturated carbocycles. The molecule has 5 nitrogen and oxygen atoms in total. The van der Waals surface area contributed by atoms with Gasteiger partial charge in [0.1, 0.15) is 11.9 Å². The maximum atomic E-state index is 13.1. The first-order chi connectivity index (χ1) is 9.10. The van der Waals surface area contributed by atoms with Gasteiger partial charge in [-0.2, -0.15) is 5.26 Å². The van der Waals surface area contributed by atoms with Gasteiger partial charge in [0.05, 0.1) is 10.5 Å². The second-order valence-electron chi connectivity index (χ2n) is 3.66. The summed E-state index contributed by atoms with van der Waals surface area (Å²) in [6.07, 6.45) is 0. The van der Waals surface area contributed by atoms with E-state index in [4.69, 9.17) is 5.26 Å². The van der Waals surface area contributed by atoms with Crippen LogP contribution in [0.15, 0.2) is 30.3 Å². The molecule has 0 aliphatic rings. The molecule has 0 aliphatic heterocycles. The maximum absolute atomic E-state index is 13.1. The summed E-state index contributed by atoms with van der Waals surface area (Å²) in [7, 11) is 0. The van der Waals surface area contributed by atoms with Crippen LogP contribution >= 0.6 is 11.3 Å². The van der Waals surface area contributed by atoms with Crippen molar-refractivity contribution in [3.63, 3.8) is 0 Å². The van der Waals surface area contributed by atoms with Crippen LogP contribution in [0.4, 0.5) is 15.1 Å². The molecule has 0 bridgehead atoms. The van der Waals surface area contributed by atoms with E-state index in [9.17, 15) is 14.5 Å². The summed E-state index contributed by atoms with van der Waals surface area (Å²) in [5.74, 6) is -0.570. The monoisotopic (exact) mass is 277 g/mol. The molecule has 2 aromatic rings. The van der Waals surface area contributed by atoms with E-state index in [2.05, 4.69) is 5.32 Å². The van der Waals surface area contributed by atoms with E-state index in [1.807, 2.05) is 0 Å². The zero-order valence-electron chi connectivity index (χ0n) is 9.59. The van der Waals surface area contributed by atoms with Gasteiger partial charge in [0.2, 0.25) is 0 Å². The number of benzene rings is 1. The number of rotatable bonds is 4. The van der Waals surface area contributed by atoms with Gasteiger partial charge in [-0.25, -0.2) is 4.39 Å². The minimum atomic E-state index is -0.570. The zero-order valence-corrected chi connectivity index (χ0v) is 10.4. The Kier molecular flexibility index (Phi) is 3.73. The van der Waals surface area contributed by atoms with Crippen molar-refractivity contribution in [2.75, 3.05) is 5.32 Å². The second kappa shape index (κ2) is 5.46. The molecule has 0 fully saturated rings. The van der Waals surface area contributed by atoms with E-state index in [1.54, 1.807) is 12.1 Å². The number of hydrogen-bond donors (Lipinski definition) is 1. The van der Waals surface area contributed by atoms with Crippen LogP contribution in [-0.4, -0.2) is 4.92 Å². The summed E-state index contributed by atoms with van der Waals surface area (Å²) in [5, 5.41) is 22.3. The number of nitrogens with one attached hydrogen (secondary N) is 1. The summed E-state index contributed by atoms with van der Waals surface area (Å²) in [6.45, 7) is 0.384. The highest BCUT2D eigenvalue weighted by Crippen LogP contribution is 2.24. The standard InChI is InChI=1S/C12H8FN3O2S/c13-11-3-1-9(5-8(11)6-14)15-7-10-2-4-12(19-10)16(17)18/h1-5,15H,7H2. The average molecular weight is 277 g/mol. The van der Waals surface area contributed by atoms with Crippen LogP contribution in [0.25, 0.3) is 0 Å². The Morgan fingerprint density at radius 1 is 1.42 bits per heavy atom. The zero-order chi connectivity index (χ0) is 13.8. The van der Waals surface area contributed by atoms with Crippen molar-refractivity contribution in [3.8, 4) is 6.07 Å². The summed E-state index contributed by atoms with van der Waals surface area (Å²) in [5.41, 5.74) is 0.552. The van der Waals surface area contributed by atoms with Gasteiger partial charge in [-0.05, 0) is 24.3 Å². The summed E-state index contributed by atoms with van der Waals surface area (Å²) in [4.78, 5) is 10.9. The molecule has 1 aromatic carbocycles. The number of anilines is 1. The normalized spacial score (nSPS) is 9.89. The Morgan fingerprint density at radius 2 is 2.21 bits per heavy atom. The van der Waals surface area contributed by atoms with Crippen LogP contribution in [0.3, 0.4) is 0 Å². The second-order valence-corrected chi connectivity index (χ2v) is 4.80. The molecule has 0 radical (unpaired) electrons. The fourth-order valence-corrected chi connectivity index (χ4v) is 2.23. The fourth-order valence-electron chi connectivity index (χ4n) is 1.47. The molecule has 0 saturated heterocycles. The largest absolute Gasteiger partial charge is 0.380 e. The quantitative estimate of drug-likeness (QED) is 0.687. The predicted molar refractivity (Wildman–Crippen MR) is 69.4 cm³/mol. The lowest BCUT2D eigenvalue weighted by molar-refractivity contribution is -0.380. The molecular weight excluding hydrogens is 269 g/mol. The molecule has 1 N–H and O–H groups in total. The SMILES string of the molecule is N#Cc1cc(NCc2ccc([N+](=O)[O-])s2)ccc1F. The number of thiophene rings is 1. The van der Waals surface area contributed by atoms with Gasteiger partial charge in [0.25, 0.3) is 0 Å². The van der Waals surface area contributed by atoms with Crippen molar-refractivity contribution in [2.24, 2.45) is 0 Å². The molecule has 1 heterocycles. The van der Waals surface area contributed by atoms with Gasteiger partial charge in [0.15, 0.2) is 0 Å². The average Bonchev–Trinajstić information content (AvgIpc) is 2.87. The van der Waals surface area contributed by atoms with Crippen LogP contribution in [-0.2, 0) is 6.54 Å². The highest BCUT2D eigenvalue weighted by atomic mass is 32.1. The van der Waals surface area contributed by atoms with Crippen LogP contribution in [0, 0.1) is 27.3 Å². The molecule has 0 spiro atoms. The Morgan fingerprint density at radius 3 is 2.84 bits per heavy atom. The molecule has 0 amide bonds. The van der Waals surface area contributed by atoms with E-state index in [0.717, 1.165) is 16.2 Å². The van der Waals surface area contributed by atoms with E-state index < -0.39 is 10.7 Å². The fraction of sp³-hybridized carbons (Fsp3) is 0.0833. The van der Waals surface area contributed by atoms with E-state index in [1.165, 1.54) is 24.3 Å². The van der Waals surface area contributed by atoms with Gasteiger partial charge < -0.3 is 5.32 Å². The van der Waals surface area contributed by atoms with Gasteiger partial charge in [0, 0.05) is 23.2 Å². The minimum Gasteiger partial charge on any atom is -0.380 e. The van der Waals surface area contributed by atoms with Crippen molar-refractivity contribution in [2.45, 2.75) is 6.54 Å². The number of nitrogens with zero attached hydrogens (tertiary/aromatic N) is 2. The lowest BCUT2D eigenvalue weighted by Crippen LogP contribution is -1.98. The summed E-state index contributed by atoms with van der Waals surface area (Å²) >= 11 is 1.07. The topological polar surface area (TPSA) is 79.0 Å². The highest BCUT2D eigenvalue weighted by molar-refractivity contribution is 7.15. The van der Waals surface area contributed by atoms with Gasteiger partial charge in [-0.3, -0.25) is 10.1 Å². The lowest BCUT2D eigenvalue weighted by atomic mass is 10.2. The Hall–Kier alpha value is -2.46. The Labute approximate surface area is 112 Å². The van der Waals surface area contributed by atoms with E-state index in [-0.39, 0.29) is 10.6 Å². The van der Waals surface area contributed by atoms with Crippen LogP contribution in [0.1, 0.15) is 10.4 Å². The van der Waals surface area contributed by atoms with Crippen LogP contribution in [0.5, 0.6) is 0 Å². The van der Waals surface area contributed by atoms with Gasteiger partial charge in [-0.1, -0.05) is 11.3 Å². The maximum Gasteiger partial charge on any atom is 0.324 e. The molecule has 19 heavy (non-hydrogen) atoms. The highest BCUT2D eigenvalue weighted by Gasteiger charge is 2.09. The molecule has 7 heteroatoms. The van der Waals surface area contributed by atoms with Crippen molar-refractivity contribution >= 4 is 22.0 Å².